The van der Waals surface area contributed by atoms with Crippen molar-refractivity contribution in [3.05, 3.63) is 65.2 Å². The monoisotopic (exact) mass is 255 g/mol. The summed E-state index contributed by atoms with van der Waals surface area (Å²) in [5, 5.41) is 0. The Morgan fingerprint density at radius 3 is 2.47 bits per heavy atom. The Morgan fingerprint density at radius 2 is 1.84 bits per heavy atom. The molecule has 0 spiro atoms. The van der Waals surface area contributed by atoms with Gasteiger partial charge in [0.25, 0.3) is 0 Å². The zero-order chi connectivity index (χ0) is 13.8. The summed E-state index contributed by atoms with van der Waals surface area (Å²) in [7, 11) is 0. The van der Waals surface area contributed by atoms with E-state index < -0.39 is 0 Å². The number of esters is 1. The molecule has 0 bridgehead atoms. The molecule has 2 N–H and O–H groups in total. The lowest BCUT2D eigenvalue weighted by Crippen LogP contribution is -2.09. The highest BCUT2D eigenvalue weighted by molar-refractivity contribution is 5.90. The molecule has 0 saturated carbocycles. The first-order chi connectivity index (χ1) is 9.08. The van der Waals surface area contributed by atoms with Crippen molar-refractivity contribution < 1.29 is 9.53 Å². The summed E-state index contributed by atoms with van der Waals surface area (Å²) in [4.78, 5) is 12.0. The van der Waals surface area contributed by atoms with Crippen LogP contribution in [-0.2, 0) is 4.74 Å². The molecule has 0 amide bonds. The van der Waals surface area contributed by atoms with E-state index in [1.165, 1.54) is 0 Å². The first kappa shape index (κ1) is 13.1. The van der Waals surface area contributed by atoms with Crippen LogP contribution in [0.2, 0.25) is 0 Å². The van der Waals surface area contributed by atoms with Crippen molar-refractivity contribution in [3.8, 4) is 0 Å². The molecule has 2 aromatic rings. The van der Waals surface area contributed by atoms with Gasteiger partial charge in [0.1, 0.15) is 6.10 Å². The molecular weight excluding hydrogens is 238 g/mol. The zero-order valence-corrected chi connectivity index (χ0v) is 11.1. The Labute approximate surface area is 113 Å². The van der Waals surface area contributed by atoms with E-state index in [1.54, 1.807) is 12.1 Å². The van der Waals surface area contributed by atoms with Crippen molar-refractivity contribution in [1.29, 1.82) is 0 Å². The average Bonchev–Trinajstić information content (AvgIpc) is 2.42. The second-order valence-electron chi connectivity index (χ2n) is 4.53. The number of nitrogen functional groups attached to an aromatic ring is 1. The summed E-state index contributed by atoms with van der Waals surface area (Å²) < 4.78 is 5.42. The molecule has 2 aromatic carbocycles. The van der Waals surface area contributed by atoms with Crippen molar-refractivity contribution in [2.24, 2.45) is 0 Å². The third-order valence-electron chi connectivity index (χ3n) is 3.07. The number of hydrogen-bond donors (Lipinski definition) is 1. The Morgan fingerprint density at radius 1 is 1.16 bits per heavy atom. The molecule has 0 aliphatic carbocycles. The number of rotatable bonds is 3. The molecule has 0 fully saturated rings. The maximum atomic E-state index is 12.0. The lowest BCUT2D eigenvalue weighted by Gasteiger charge is -2.14. The van der Waals surface area contributed by atoms with E-state index in [1.807, 2.05) is 50.2 Å². The first-order valence-corrected chi connectivity index (χ1v) is 6.20. The fourth-order valence-corrected chi connectivity index (χ4v) is 1.79. The topological polar surface area (TPSA) is 52.3 Å². The van der Waals surface area contributed by atoms with Gasteiger partial charge in [0.15, 0.2) is 0 Å². The fraction of sp³-hybridized carbons (Fsp3) is 0.188. The fourth-order valence-electron chi connectivity index (χ4n) is 1.79. The van der Waals surface area contributed by atoms with E-state index in [0.29, 0.717) is 11.3 Å². The molecule has 1 unspecified atom stereocenters. The van der Waals surface area contributed by atoms with Gasteiger partial charge in [-0.15, -0.1) is 0 Å². The highest BCUT2D eigenvalue weighted by Crippen LogP contribution is 2.20. The average molecular weight is 255 g/mol. The van der Waals surface area contributed by atoms with Gasteiger partial charge >= 0.3 is 5.97 Å². The molecule has 0 radical (unpaired) electrons. The molecule has 0 heterocycles. The molecule has 1 atom stereocenters. The zero-order valence-electron chi connectivity index (χ0n) is 11.1. The summed E-state index contributed by atoms with van der Waals surface area (Å²) >= 11 is 0. The van der Waals surface area contributed by atoms with E-state index in [4.69, 9.17) is 10.5 Å². The molecule has 0 saturated heterocycles. The molecule has 19 heavy (non-hydrogen) atoms. The minimum absolute atomic E-state index is 0.281. The Bertz CT molecular complexity index is 579. The lowest BCUT2D eigenvalue weighted by atomic mass is 10.1. The Kier molecular flexibility index (Phi) is 3.85. The summed E-state index contributed by atoms with van der Waals surface area (Å²) in [6.07, 6.45) is -0.281. The van der Waals surface area contributed by atoms with Crippen LogP contribution in [-0.4, -0.2) is 5.97 Å². The van der Waals surface area contributed by atoms with Crippen LogP contribution in [0.15, 0.2) is 48.5 Å². The van der Waals surface area contributed by atoms with E-state index in [2.05, 4.69) is 0 Å². The molecule has 0 aliphatic rings. The number of aryl methyl sites for hydroxylation is 1. The van der Waals surface area contributed by atoms with Crippen LogP contribution in [0.1, 0.15) is 34.5 Å². The van der Waals surface area contributed by atoms with Crippen LogP contribution in [0, 0.1) is 6.92 Å². The summed E-state index contributed by atoms with van der Waals surface area (Å²) in [5.41, 5.74) is 8.79. The molecule has 3 nitrogen and oxygen atoms in total. The minimum atomic E-state index is -0.358. The minimum Gasteiger partial charge on any atom is -0.454 e. The molecule has 98 valence electrons. The van der Waals surface area contributed by atoms with Gasteiger partial charge < -0.3 is 10.5 Å². The second kappa shape index (κ2) is 5.57. The number of ether oxygens (including phenoxy) is 1. The number of hydrogen-bond acceptors (Lipinski definition) is 3. The van der Waals surface area contributed by atoms with Crippen molar-refractivity contribution >= 4 is 11.7 Å². The SMILES string of the molecule is Cc1ccc(C(=O)OC(C)c2ccccc2)cc1N. The summed E-state index contributed by atoms with van der Waals surface area (Å²) in [6.45, 7) is 3.75. The van der Waals surface area contributed by atoms with Crippen molar-refractivity contribution in [2.75, 3.05) is 5.73 Å². The molecule has 0 aromatic heterocycles. The first-order valence-electron chi connectivity index (χ1n) is 6.20. The second-order valence-corrected chi connectivity index (χ2v) is 4.53. The van der Waals surface area contributed by atoms with E-state index >= 15 is 0 Å². The number of nitrogens with two attached hydrogens (primary N) is 1. The van der Waals surface area contributed by atoms with Crippen molar-refractivity contribution in [3.63, 3.8) is 0 Å². The van der Waals surface area contributed by atoms with E-state index in [9.17, 15) is 4.79 Å². The van der Waals surface area contributed by atoms with Crippen LogP contribution in [0.5, 0.6) is 0 Å². The third-order valence-corrected chi connectivity index (χ3v) is 3.07. The predicted octanol–water partition coefficient (Wildman–Crippen LogP) is 3.50. The Balaban J connectivity index is 2.11. The number of benzene rings is 2. The standard InChI is InChI=1S/C16H17NO2/c1-11-8-9-14(10-15(11)17)16(18)19-12(2)13-6-4-3-5-7-13/h3-10,12H,17H2,1-2H3. The third kappa shape index (κ3) is 3.13. The van der Waals surface area contributed by atoms with Crippen LogP contribution >= 0.6 is 0 Å². The molecular formula is C16H17NO2. The van der Waals surface area contributed by atoms with Gasteiger partial charge in [0, 0.05) is 5.69 Å². The summed E-state index contributed by atoms with van der Waals surface area (Å²) in [6, 6.07) is 14.8. The van der Waals surface area contributed by atoms with E-state index in [-0.39, 0.29) is 12.1 Å². The normalized spacial score (nSPS) is 11.9. The lowest BCUT2D eigenvalue weighted by molar-refractivity contribution is 0.0338. The largest absolute Gasteiger partial charge is 0.454 e. The Hall–Kier alpha value is -2.29. The molecule has 2 rings (SSSR count). The molecule has 0 aliphatic heterocycles. The maximum absolute atomic E-state index is 12.0. The highest BCUT2D eigenvalue weighted by Gasteiger charge is 2.13. The van der Waals surface area contributed by atoms with Gasteiger partial charge in [0.05, 0.1) is 5.56 Å². The maximum Gasteiger partial charge on any atom is 0.338 e. The van der Waals surface area contributed by atoms with Gasteiger partial charge in [-0.05, 0) is 37.1 Å². The van der Waals surface area contributed by atoms with Gasteiger partial charge in [-0.3, -0.25) is 0 Å². The predicted molar refractivity (Wildman–Crippen MR) is 75.9 cm³/mol. The van der Waals surface area contributed by atoms with Crippen molar-refractivity contribution in [2.45, 2.75) is 20.0 Å². The van der Waals surface area contributed by atoms with Crippen LogP contribution in [0.3, 0.4) is 0 Å². The number of carbonyl (C=O) groups is 1. The van der Waals surface area contributed by atoms with Crippen LogP contribution in [0.25, 0.3) is 0 Å². The molecule has 3 heteroatoms. The number of carbonyl (C=O) groups excluding carboxylic acids is 1. The van der Waals surface area contributed by atoms with Gasteiger partial charge in [-0.25, -0.2) is 4.79 Å². The quantitative estimate of drug-likeness (QED) is 0.674. The van der Waals surface area contributed by atoms with Crippen LogP contribution < -0.4 is 5.73 Å². The highest BCUT2D eigenvalue weighted by atomic mass is 16.5. The number of anilines is 1. The van der Waals surface area contributed by atoms with Gasteiger partial charge in [-0.1, -0.05) is 36.4 Å². The van der Waals surface area contributed by atoms with Crippen molar-refractivity contribution in [1.82, 2.24) is 0 Å². The van der Waals surface area contributed by atoms with Crippen LogP contribution in [0.4, 0.5) is 5.69 Å². The van der Waals surface area contributed by atoms with E-state index in [0.717, 1.165) is 11.1 Å². The smallest absolute Gasteiger partial charge is 0.338 e. The van der Waals surface area contributed by atoms with Gasteiger partial charge in [-0.2, -0.15) is 0 Å². The summed E-state index contributed by atoms with van der Waals surface area (Å²) in [5.74, 6) is -0.358. The van der Waals surface area contributed by atoms with Gasteiger partial charge in [0.2, 0.25) is 0 Å².